The summed E-state index contributed by atoms with van der Waals surface area (Å²) < 4.78 is 0. The maximum absolute atomic E-state index is 3.44. The molecule has 2 rings (SSSR count). The minimum atomic E-state index is 0. The van der Waals surface area contributed by atoms with Crippen LogP contribution in [-0.4, -0.2) is 0 Å². The summed E-state index contributed by atoms with van der Waals surface area (Å²) in [5, 5.41) is 3.44. The number of nitrogens with one attached hydrogen (secondary N) is 1. The Balaban J connectivity index is 0.00000128. The fourth-order valence-electron chi connectivity index (χ4n) is 1.57. The van der Waals surface area contributed by atoms with Crippen molar-refractivity contribution in [1.29, 1.82) is 0 Å². The summed E-state index contributed by atoms with van der Waals surface area (Å²) in [5.74, 6) is 0. The van der Waals surface area contributed by atoms with Crippen LogP contribution in [0.4, 0.5) is 11.4 Å². The van der Waals surface area contributed by atoms with E-state index in [2.05, 4.69) is 55.6 Å². The number of hydrogen-bond donors (Lipinski definition) is 1. The molecular weight excluding hydrogens is 218 g/mol. The van der Waals surface area contributed by atoms with Crippen molar-refractivity contribution in [2.45, 2.75) is 13.8 Å². The highest BCUT2D eigenvalue weighted by Gasteiger charge is 1.99. The molecule has 0 aliphatic heterocycles. The van der Waals surface area contributed by atoms with Crippen LogP contribution in [0.1, 0.15) is 11.1 Å². The monoisotopic (exact) mass is 233 g/mol. The standard InChI is InChI=1S/C14H15N.ClH/c1-11-7-3-5-9-13(11)15-14-10-6-4-8-12(14)2;/h3-10,15H,1-2H3;1H. The lowest BCUT2D eigenvalue weighted by molar-refractivity contribution is 1.39. The summed E-state index contributed by atoms with van der Waals surface area (Å²) in [7, 11) is 0. The highest BCUT2D eigenvalue weighted by Crippen LogP contribution is 2.22. The summed E-state index contributed by atoms with van der Waals surface area (Å²) in [6, 6.07) is 16.6. The topological polar surface area (TPSA) is 12.0 Å². The molecule has 0 radical (unpaired) electrons. The lowest BCUT2D eigenvalue weighted by Crippen LogP contribution is -1.94. The third kappa shape index (κ3) is 2.77. The highest BCUT2D eigenvalue weighted by atomic mass is 35.5. The first-order valence-corrected chi connectivity index (χ1v) is 5.15. The predicted molar refractivity (Wildman–Crippen MR) is 72.9 cm³/mol. The van der Waals surface area contributed by atoms with Crippen molar-refractivity contribution in [3.63, 3.8) is 0 Å². The number of rotatable bonds is 2. The molecule has 0 aliphatic carbocycles. The normalized spacial score (nSPS) is 9.38. The molecular formula is C14H16ClN. The second-order valence-corrected chi connectivity index (χ2v) is 3.75. The van der Waals surface area contributed by atoms with Gasteiger partial charge in [-0.3, -0.25) is 0 Å². The van der Waals surface area contributed by atoms with Gasteiger partial charge in [-0.05, 0) is 37.1 Å². The minimum Gasteiger partial charge on any atom is -0.355 e. The number of benzene rings is 2. The van der Waals surface area contributed by atoms with E-state index in [0.717, 1.165) is 0 Å². The number of hydrogen-bond acceptors (Lipinski definition) is 1. The lowest BCUT2D eigenvalue weighted by atomic mass is 10.1. The van der Waals surface area contributed by atoms with Gasteiger partial charge in [-0.15, -0.1) is 12.4 Å². The first-order valence-electron chi connectivity index (χ1n) is 5.15. The number of halogens is 1. The van der Waals surface area contributed by atoms with E-state index in [1.54, 1.807) is 0 Å². The first-order chi connectivity index (χ1) is 7.27. The van der Waals surface area contributed by atoms with E-state index in [-0.39, 0.29) is 12.4 Å². The molecule has 0 amide bonds. The third-order valence-corrected chi connectivity index (χ3v) is 2.56. The SMILES string of the molecule is Cc1ccccc1Nc1ccccc1C.Cl. The van der Waals surface area contributed by atoms with Crippen LogP contribution < -0.4 is 5.32 Å². The van der Waals surface area contributed by atoms with Crippen molar-refractivity contribution >= 4 is 23.8 Å². The average Bonchev–Trinajstić information content (AvgIpc) is 2.24. The summed E-state index contributed by atoms with van der Waals surface area (Å²) in [4.78, 5) is 0. The van der Waals surface area contributed by atoms with Crippen molar-refractivity contribution in [2.24, 2.45) is 0 Å². The van der Waals surface area contributed by atoms with Crippen LogP contribution in [0, 0.1) is 13.8 Å². The van der Waals surface area contributed by atoms with Crippen molar-refractivity contribution in [3.8, 4) is 0 Å². The zero-order valence-corrected chi connectivity index (χ0v) is 10.3. The summed E-state index contributed by atoms with van der Waals surface area (Å²) in [5.41, 5.74) is 4.88. The maximum atomic E-state index is 3.44. The Hall–Kier alpha value is -1.47. The molecule has 0 bridgehead atoms. The fourth-order valence-corrected chi connectivity index (χ4v) is 1.57. The average molecular weight is 234 g/mol. The highest BCUT2D eigenvalue weighted by molar-refractivity contribution is 5.85. The second kappa shape index (κ2) is 5.57. The van der Waals surface area contributed by atoms with E-state index in [1.165, 1.54) is 22.5 Å². The van der Waals surface area contributed by atoms with Crippen molar-refractivity contribution in [2.75, 3.05) is 5.32 Å². The molecule has 1 N–H and O–H groups in total. The van der Waals surface area contributed by atoms with Crippen molar-refractivity contribution in [3.05, 3.63) is 59.7 Å². The van der Waals surface area contributed by atoms with Gasteiger partial charge in [0.05, 0.1) is 0 Å². The first kappa shape index (κ1) is 12.6. The molecule has 0 heterocycles. The quantitative estimate of drug-likeness (QED) is 0.807. The molecule has 0 atom stereocenters. The smallest absolute Gasteiger partial charge is 0.0413 e. The molecule has 0 saturated heterocycles. The van der Waals surface area contributed by atoms with E-state index >= 15 is 0 Å². The predicted octanol–water partition coefficient (Wildman–Crippen LogP) is 4.47. The van der Waals surface area contributed by atoms with Crippen LogP contribution in [0.25, 0.3) is 0 Å². The van der Waals surface area contributed by atoms with Crippen LogP contribution >= 0.6 is 12.4 Å². The molecule has 2 aromatic carbocycles. The van der Waals surface area contributed by atoms with E-state index in [4.69, 9.17) is 0 Å². The molecule has 16 heavy (non-hydrogen) atoms. The van der Waals surface area contributed by atoms with Crippen LogP contribution in [0.15, 0.2) is 48.5 Å². The zero-order valence-electron chi connectivity index (χ0n) is 9.53. The molecule has 0 saturated carbocycles. The molecule has 84 valence electrons. The number of para-hydroxylation sites is 2. The Kier molecular flexibility index (Phi) is 4.39. The van der Waals surface area contributed by atoms with Gasteiger partial charge < -0.3 is 5.32 Å². The van der Waals surface area contributed by atoms with Gasteiger partial charge in [0.1, 0.15) is 0 Å². The van der Waals surface area contributed by atoms with Crippen LogP contribution in [0.2, 0.25) is 0 Å². The van der Waals surface area contributed by atoms with Crippen LogP contribution in [0.3, 0.4) is 0 Å². The van der Waals surface area contributed by atoms with Crippen molar-refractivity contribution < 1.29 is 0 Å². The Bertz CT molecular complexity index is 422. The Morgan fingerprint density at radius 1 is 0.688 bits per heavy atom. The fraction of sp³-hybridized carbons (Fsp3) is 0.143. The van der Waals surface area contributed by atoms with Gasteiger partial charge in [-0.1, -0.05) is 36.4 Å². The maximum Gasteiger partial charge on any atom is 0.0413 e. The summed E-state index contributed by atoms with van der Waals surface area (Å²) >= 11 is 0. The van der Waals surface area contributed by atoms with E-state index in [9.17, 15) is 0 Å². The zero-order chi connectivity index (χ0) is 10.7. The van der Waals surface area contributed by atoms with Gasteiger partial charge in [0.2, 0.25) is 0 Å². The van der Waals surface area contributed by atoms with E-state index in [1.807, 2.05) is 12.1 Å². The Morgan fingerprint density at radius 3 is 1.44 bits per heavy atom. The summed E-state index contributed by atoms with van der Waals surface area (Å²) in [6.45, 7) is 4.22. The second-order valence-electron chi connectivity index (χ2n) is 3.75. The molecule has 1 nitrogen and oxygen atoms in total. The molecule has 2 aromatic rings. The number of anilines is 2. The summed E-state index contributed by atoms with van der Waals surface area (Å²) in [6.07, 6.45) is 0. The Labute approximate surface area is 103 Å². The van der Waals surface area contributed by atoms with Gasteiger partial charge in [0.25, 0.3) is 0 Å². The molecule has 0 fully saturated rings. The molecule has 2 heteroatoms. The van der Waals surface area contributed by atoms with E-state index in [0.29, 0.717) is 0 Å². The van der Waals surface area contributed by atoms with Gasteiger partial charge in [0, 0.05) is 11.4 Å². The Morgan fingerprint density at radius 2 is 1.06 bits per heavy atom. The largest absolute Gasteiger partial charge is 0.355 e. The third-order valence-electron chi connectivity index (χ3n) is 2.56. The molecule has 0 aromatic heterocycles. The van der Waals surface area contributed by atoms with Crippen molar-refractivity contribution in [1.82, 2.24) is 0 Å². The molecule has 0 spiro atoms. The van der Waals surface area contributed by atoms with Crippen LogP contribution in [-0.2, 0) is 0 Å². The molecule has 0 unspecified atom stereocenters. The van der Waals surface area contributed by atoms with Gasteiger partial charge in [0.15, 0.2) is 0 Å². The molecule has 0 aliphatic rings. The lowest BCUT2D eigenvalue weighted by Gasteiger charge is -2.11. The van der Waals surface area contributed by atoms with E-state index < -0.39 is 0 Å². The van der Waals surface area contributed by atoms with Gasteiger partial charge in [-0.25, -0.2) is 0 Å². The van der Waals surface area contributed by atoms with Crippen LogP contribution in [0.5, 0.6) is 0 Å². The van der Waals surface area contributed by atoms with Gasteiger partial charge >= 0.3 is 0 Å². The minimum absolute atomic E-state index is 0. The number of aryl methyl sites for hydroxylation is 2. The van der Waals surface area contributed by atoms with Gasteiger partial charge in [-0.2, -0.15) is 0 Å².